The van der Waals surface area contributed by atoms with E-state index in [1.54, 1.807) is 0 Å². The minimum absolute atomic E-state index is 0.278. The zero-order chi connectivity index (χ0) is 10.7. The van der Waals surface area contributed by atoms with E-state index in [0.717, 1.165) is 19.5 Å². The summed E-state index contributed by atoms with van der Waals surface area (Å²) < 4.78 is 1.83. The van der Waals surface area contributed by atoms with Gasteiger partial charge < -0.3 is 5.11 Å². The van der Waals surface area contributed by atoms with Crippen LogP contribution in [0.4, 0.5) is 0 Å². The number of hydrogen-bond donors (Lipinski definition) is 1. The molecule has 1 fully saturated rings. The molecule has 1 N–H and O–H groups in total. The number of aromatic nitrogens is 2. The highest BCUT2D eigenvalue weighted by atomic mass is 16.3. The zero-order valence-corrected chi connectivity index (χ0v) is 9.26. The summed E-state index contributed by atoms with van der Waals surface area (Å²) in [5.74, 6) is 0. The van der Waals surface area contributed by atoms with Gasteiger partial charge in [0.25, 0.3) is 0 Å². The third-order valence-corrected chi connectivity index (χ3v) is 3.10. The molecule has 15 heavy (non-hydrogen) atoms. The van der Waals surface area contributed by atoms with Crippen molar-refractivity contribution in [2.75, 3.05) is 13.2 Å². The Labute approximate surface area is 90.5 Å². The molecule has 84 valence electrons. The number of aliphatic hydroxyl groups excluding tert-OH is 1. The number of hydrogen-bond acceptors (Lipinski definition) is 3. The molecule has 0 spiro atoms. The molecule has 1 saturated heterocycles. The lowest BCUT2D eigenvalue weighted by molar-refractivity contribution is 0.0841. The predicted molar refractivity (Wildman–Crippen MR) is 58.3 cm³/mol. The van der Waals surface area contributed by atoms with Crippen molar-refractivity contribution < 1.29 is 5.11 Å². The fraction of sp³-hybridized carbons (Fsp3) is 0.727. The van der Waals surface area contributed by atoms with E-state index in [4.69, 9.17) is 0 Å². The van der Waals surface area contributed by atoms with Gasteiger partial charge in [-0.2, -0.15) is 5.10 Å². The maximum absolute atomic E-state index is 9.28. The Kier molecular flexibility index (Phi) is 3.38. The summed E-state index contributed by atoms with van der Waals surface area (Å²) in [4.78, 5) is 2.36. The summed E-state index contributed by atoms with van der Waals surface area (Å²) in [6.45, 7) is 2.29. The molecule has 0 bridgehead atoms. The van der Waals surface area contributed by atoms with Crippen LogP contribution in [-0.4, -0.2) is 39.0 Å². The van der Waals surface area contributed by atoms with Crippen LogP contribution in [0.1, 0.15) is 24.8 Å². The molecule has 1 aliphatic heterocycles. The number of likely N-dealkylation sites (tertiary alicyclic amines) is 1. The Morgan fingerprint density at radius 3 is 3.07 bits per heavy atom. The molecule has 1 aliphatic rings. The normalized spacial score (nSPS) is 23.2. The summed E-state index contributed by atoms with van der Waals surface area (Å²) in [5, 5.41) is 13.4. The molecule has 0 radical (unpaired) electrons. The van der Waals surface area contributed by atoms with Crippen molar-refractivity contribution >= 4 is 0 Å². The SMILES string of the molecule is Cn1cc(CN2CCCCC2CO)cn1. The van der Waals surface area contributed by atoms with E-state index < -0.39 is 0 Å². The molecule has 0 saturated carbocycles. The highest BCUT2D eigenvalue weighted by Gasteiger charge is 2.21. The fourth-order valence-electron chi connectivity index (χ4n) is 2.26. The summed E-state index contributed by atoms with van der Waals surface area (Å²) in [6.07, 6.45) is 7.56. The lowest BCUT2D eigenvalue weighted by Gasteiger charge is -2.34. The smallest absolute Gasteiger partial charge is 0.0586 e. The van der Waals surface area contributed by atoms with Gasteiger partial charge >= 0.3 is 0 Å². The summed E-state index contributed by atoms with van der Waals surface area (Å²) >= 11 is 0. The van der Waals surface area contributed by atoms with Crippen molar-refractivity contribution in [2.45, 2.75) is 31.8 Å². The molecule has 0 amide bonds. The molecule has 1 aromatic heterocycles. The van der Waals surface area contributed by atoms with Crippen LogP contribution in [0.3, 0.4) is 0 Å². The molecule has 0 aromatic carbocycles. The molecule has 2 rings (SSSR count). The molecular formula is C11H19N3O. The van der Waals surface area contributed by atoms with Gasteiger partial charge in [0.2, 0.25) is 0 Å². The minimum atomic E-state index is 0.278. The van der Waals surface area contributed by atoms with Crippen molar-refractivity contribution in [3.05, 3.63) is 18.0 Å². The van der Waals surface area contributed by atoms with E-state index in [2.05, 4.69) is 10.00 Å². The summed E-state index contributed by atoms with van der Waals surface area (Å²) in [7, 11) is 1.93. The average molecular weight is 209 g/mol. The molecule has 4 nitrogen and oxygen atoms in total. The van der Waals surface area contributed by atoms with Gasteiger partial charge in [0.15, 0.2) is 0 Å². The van der Waals surface area contributed by atoms with Crippen LogP contribution in [0.15, 0.2) is 12.4 Å². The van der Waals surface area contributed by atoms with E-state index in [-0.39, 0.29) is 6.61 Å². The first kappa shape index (κ1) is 10.6. The second-order valence-corrected chi connectivity index (χ2v) is 4.32. The van der Waals surface area contributed by atoms with E-state index >= 15 is 0 Å². The summed E-state index contributed by atoms with van der Waals surface area (Å²) in [6, 6.07) is 0.346. The first-order valence-corrected chi connectivity index (χ1v) is 5.62. The Morgan fingerprint density at radius 1 is 1.53 bits per heavy atom. The highest BCUT2D eigenvalue weighted by Crippen LogP contribution is 2.18. The van der Waals surface area contributed by atoms with E-state index in [0.29, 0.717) is 6.04 Å². The van der Waals surface area contributed by atoms with Crippen molar-refractivity contribution in [3.8, 4) is 0 Å². The number of nitrogens with zero attached hydrogens (tertiary/aromatic N) is 3. The van der Waals surface area contributed by atoms with E-state index in [1.165, 1.54) is 18.4 Å². The molecule has 0 aliphatic carbocycles. The van der Waals surface area contributed by atoms with Gasteiger partial charge in [0, 0.05) is 31.4 Å². The Morgan fingerprint density at radius 2 is 2.40 bits per heavy atom. The van der Waals surface area contributed by atoms with Gasteiger partial charge in [-0.05, 0) is 19.4 Å². The summed E-state index contributed by atoms with van der Waals surface area (Å²) in [5.41, 5.74) is 1.23. The topological polar surface area (TPSA) is 41.3 Å². The van der Waals surface area contributed by atoms with Crippen LogP contribution in [0.2, 0.25) is 0 Å². The zero-order valence-electron chi connectivity index (χ0n) is 9.26. The maximum Gasteiger partial charge on any atom is 0.0586 e. The van der Waals surface area contributed by atoms with Gasteiger partial charge in [-0.3, -0.25) is 9.58 Å². The van der Waals surface area contributed by atoms with Crippen molar-refractivity contribution in [3.63, 3.8) is 0 Å². The van der Waals surface area contributed by atoms with Crippen molar-refractivity contribution in [1.29, 1.82) is 0 Å². The van der Waals surface area contributed by atoms with Crippen LogP contribution in [0.5, 0.6) is 0 Å². The number of aliphatic hydroxyl groups is 1. The highest BCUT2D eigenvalue weighted by molar-refractivity contribution is 5.04. The molecule has 1 aromatic rings. The lowest BCUT2D eigenvalue weighted by atomic mass is 10.0. The van der Waals surface area contributed by atoms with E-state index in [1.807, 2.05) is 24.1 Å². The maximum atomic E-state index is 9.28. The largest absolute Gasteiger partial charge is 0.395 e. The Bertz CT molecular complexity index is 311. The first-order chi connectivity index (χ1) is 7.29. The standard InChI is InChI=1S/C11H19N3O/c1-13-7-10(6-12-13)8-14-5-3-2-4-11(14)9-15/h6-7,11,15H,2-5,8-9H2,1H3. The average Bonchev–Trinajstić information content (AvgIpc) is 2.65. The second-order valence-electron chi connectivity index (χ2n) is 4.32. The molecular weight excluding hydrogens is 190 g/mol. The van der Waals surface area contributed by atoms with Crippen molar-refractivity contribution in [1.82, 2.24) is 14.7 Å². The third-order valence-electron chi connectivity index (χ3n) is 3.10. The van der Waals surface area contributed by atoms with E-state index in [9.17, 15) is 5.11 Å². The monoisotopic (exact) mass is 209 g/mol. The minimum Gasteiger partial charge on any atom is -0.395 e. The van der Waals surface area contributed by atoms with Gasteiger partial charge in [-0.1, -0.05) is 6.42 Å². The molecule has 1 unspecified atom stereocenters. The van der Waals surface area contributed by atoms with Crippen molar-refractivity contribution in [2.24, 2.45) is 7.05 Å². The number of aryl methyl sites for hydroxylation is 1. The Balaban J connectivity index is 1.97. The van der Waals surface area contributed by atoms with Gasteiger partial charge in [0.1, 0.15) is 0 Å². The molecule has 1 atom stereocenters. The molecule has 2 heterocycles. The van der Waals surface area contributed by atoms with Crippen LogP contribution < -0.4 is 0 Å². The van der Waals surface area contributed by atoms with Crippen LogP contribution in [-0.2, 0) is 13.6 Å². The van der Waals surface area contributed by atoms with Crippen LogP contribution in [0, 0.1) is 0 Å². The van der Waals surface area contributed by atoms with Gasteiger partial charge in [0.05, 0.1) is 12.8 Å². The van der Waals surface area contributed by atoms with Crippen LogP contribution >= 0.6 is 0 Å². The lowest BCUT2D eigenvalue weighted by Crippen LogP contribution is -2.41. The quantitative estimate of drug-likeness (QED) is 0.799. The second kappa shape index (κ2) is 4.77. The van der Waals surface area contributed by atoms with Gasteiger partial charge in [-0.25, -0.2) is 0 Å². The van der Waals surface area contributed by atoms with Gasteiger partial charge in [-0.15, -0.1) is 0 Å². The fourth-order valence-corrected chi connectivity index (χ4v) is 2.26. The third kappa shape index (κ3) is 2.58. The first-order valence-electron chi connectivity index (χ1n) is 5.62. The Hall–Kier alpha value is -0.870. The van der Waals surface area contributed by atoms with Crippen LogP contribution in [0.25, 0.3) is 0 Å². The predicted octanol–water partition coefficient (Wildman–Crippen LogP) is 0.767. The molecule has 4 heteroatoms. The number of piperidine rings is 1. The number of rotatable bonds is 3.